The second-order valence-corrected chi connectivity index (χ2v) is 6.32. The van der Waals surface area contributed by atoms with Gasteiger partial charge in [0.25, 0.3) is 10.0 Å². The molecule has 118 valence electrons. The molecular weight excluding hydrogens is 320 g/mol. The maximum absolute atomic E-state index is 12.2. The molecule has 0 aliphatic rings. The van der Waals surface area contributed by atoms with Crippen molar-refractivity contribution in [1.29, 1.82) is 0 Å². The zero-order chi connectivity index (χ0) is 16.4. The van der Waals surface area contributed by atoms with Crippen LogP contribution in [0.4, 0.5) is 5.82 Å². The van der Waals surface area contributed by atoms with E-state index in [2.05, 4.69) is 14.8 Å². The van der Waals surface area contributed by atoms with Crippen molar-refractivity contribution >= 4 is 21.8 Å². The number of nitrogens with one attached hydrogen (secondary N) is 2. The van der Waals surface area contributed by atoms with Crippen molar-refractivity contribution in [2.75, 3.05) is 4.72 Å². The number of para-hydroxylation sites is 1. The Morgan fingerprint density at radius 1 is 1.22 bits per heavy atom. The van der Waals surface area contributed by atoms with Gasteiger partial charge in [-0.1, -0.05) is 18.2 Å². The van der Waals surface area contributed by atoms with Gasteiger partial charge in [-0.15, -0.1) is 5.10 Å². The predicted octanol–water partition coefficient (Wildman–Crippen LogP) is 1.70. The van der Waals surface area contributed by atoms with Gasteiger partial charge >= 0.3 is 5.97 Å². The second kappa shape index (κ2) is 5.61. The van der Waals surface area contributed by atoms with Crippen LogP contribution in [0.3, 0.4) is 0 Å². The second-order valence-electron chi connectivity index (χ2n) is 4.64. The number of sulfonamides is 1. The van der Waals surface area contributed by atoms with Crippen molar-refractivity contribution in [2.24, 2.45) is 0 Å². The van der Waals surface area contributed by atoms with E-state index < -0.39 is 16.0 Å². The van der Waals surface area contributed by atoms with Crippen LogP contribution in [0.5, 0.6) is 0 Å². The number of hydrogen-bond donors (Lipinski definition) is 3. The van der Waals surface area contributed by atoms with E-state index in [1.807, 2.05) is 30.3 Å². The lowest BCUT2D eigenvalue weighted by Gasteiger charge is -2.03. The number of hydrogen-bond acceptors (Lipinski definition) is 4. The van der Waals surface area contributed by atoms with Crippen LogP contribution in [-0.4, -0.2) is 34.3 Å². The molecule has 0 spiro atoms. The summed E-state index contributed by atoms with van der Waals surface area (Å²) in [4.78, 5) is 13.0. The molecule has 2 aromatic heterocycles. The summed E-state index contributed by atoms with van der Waals surface area (Å²) < 4.78 is 28.2. The lowest BCUT2D eigenvalue weighted by molar-refractivity contribution is 0.0691. The number of anilines is 1. The molecule has 0 atom stereocenters. The van der Waals surface area contributed by atoms with Crippen LogP contribution in [0.25, 0.3) is 5.69 Å². The largest absolute Gasteiger partial charge is 0.477 e. The molecule has 8 nitrogen and oxygen atoms in total. The quantitative estimate of drug-likeness (QED) is 0.657. The van der Waals surface area contributed by atoms with E-state index in [1.54, 1.807) is 6.20 Å². The van der Waals surface area contributed by atoms with Crippen molar-refractivity contribution in [3.63, 3.8) is 0 Å². The van der Waals surface area contributed by atoms with Gasteiger partial charge in [0.2, 0.25) is 0 Å². The Labute approximate surface area is 131 Å². The minimum absolute atomic E-state index is 0.131. The first-order chi connectivity index (χ1) is 11.0. The van der Waals surface area contributed by atoms with Gasteiger partial charge < -0.3 is 10.1 Å². The fourth-order valence-electron chi connectivity index (χ4n) is 1.95. The number of carboxylic acid groups (broad SMARTS) is 1. The average Bonchev–Trinajstić information content (AvgIpc) is 3.17. The summed E-state index contributed by atoms with van der Waals surface area (Å²) in [6.45, 7) is 0. The number of rotatable bonds is 5. The first-order valence-corrected chi connectivity index (χ1v) is 8.00. The number of benzene rings is 1. The van der Waals surface area contributed by atoms with E-state index in [4.69, 9.17) is 5.11 Å². The highest BCUT2D eigenvalue weighted by atomic mass is 32.2. The summed E-state index contributed by atoms with van der Waals surface area (Å²) in [5.41, 5.74) is 0.577. The van der Waals surface area contributed by atoms with Crippen molar-refractivity contribution < 1.29 is 18.3 Å². The molecule has 0 saturated carbocycles. The molecule has 0 unspecified atom stereocenters. The minimum atomic E-state index is -3.92. The Hall–Kier alpha value is -3.07. The number of H-pyrrole nitrogens is 1. The molecule has 0 amide bonds. The Morgan fingerprint density at radius 3 is 2.61 bits per heavy atom. The fraction of sp³-hybridized carbons (Fsp3) is 0. The SMILES string of the molecule is O=C(O)c1cc(S(=O)(=O)Nc2ccn(-c3ccccc3)n2)c[nH]1. The van der Waals surface area contributed by atoms with E-state index in [0.29, 0.717) is 0 Å². The molecular formula is C14H12N4O4S. The Morgan fingerprint density at radius 2 is 1.96 bits per heavy atom. The molecule has 2 heterocycles. The summed E-state index contributed by atoms with van der Waals surface area (Å²) >= 11 is 0. The molecule has 0 fully saturated rings. The predicted molar refractivity (Wildman–Crippen MR) is 82.1 cm³/mol. The van der Waals surface area contributed by atoms with Gasteiger partial charge in [-0.05, 0) is 18.2 Å². The molecule has 0 saturated heterocycles. The van der Waals surface area contributed by atoms with Crippen molar-refractivity contribution in [1.82, 2.24) is 14.8 Å². The monoisotopic (exact) mass is 332 g/mol. The number of nitrogens with zero attached hydrogens (tertiary/aromatic N) is 2. The van der Waals surface area contributed by atoms with E-state index in [9.17, 15) is 13.2 Å². The Balaban J connectivity index is 1.83. The van der Waals surface area contributed by atoms with Gasteiger partial charge in [-0.3, -0.25) is 4.72 Å². The summed E-state index contributed by atoms with van der Waals surface area (Å²) in [5.74, 6) is -1.10. The third-order valence-electron chi connectivity index (χ3n) is 3.05. The molecule has 1 aromatic carbocycles. The van der Waals surface area contributed by atoms with Gasteiger partial charge in [0.1, 0.15) is 10.6 Å². The Bertz CT molecular complexity index is 944. The lowest BCUT2D eigenvalue weighted by Crippen LogP contribution is -2.13. The zero-order valence-corrected chi connectivity index (χ0v) is 12.5. The molecule has 0 bridgehead atoms. The third kappa shape index (κ3) is 3.09. The first kappa shape index (κ1) is 14.9. The van der Waals surface area contributed by atoms with Gasteiger partial charge in [0.15, 0.2) is 5.82 Å². The van der Waals surface area contributed by atoms with Crippen molar-refractivity contribution in [3.8, 4) is 5.69 Å². The number of carbonyl (C=O) groups is 1. The maximum atomic E-state index is 12.2. The molecule has 3 N–H and O–H groups in total. The van der Waals surface area contributed by atoms with Crippen LogP contribution in [-0.2, 0) is 10.0 Å². The highest BCUT2D eigenvalue weighted by Crippen LogP contribution is 2.16. The highest BCUT2D eigenvalue weighted by Gasteiger charge is 2.19. The van der Waals surface area contributed by atoms with E-state index in [1.165, 1.54) is 10.7 Å². The van der Waals surface area contributed by atoms with Crippen LogP contribution >= 0.6 is 0 Å². The summed E-state index contributed by atoms with van der Waals surface area (Å²) in [5, 5.41) is 13.0. The third-order valence-corrected chi connectivity index (χ3v) is 4.38. The molecule has 0 aliphatic carbocycles. The van der Waals surface area contributed by atoms with Crippen molar-refractivity contribution in [3.05, 3.63) is 60.6 Å². The average molecular weight is 332 g/mol. The minimum Gasteiger partial charge on any atom is -0.477 e. The fourth-order valence-corrected chi connectivity index (χ4v) is 2.94. The van der Waals surface area contributed by atoms with Gasteiger partial charge in [-0.2, -0.15) is 0 Å². The van der Waals surface area contributed by atoms with E-state index >= 15 is 0 Å². The number of aromatic amines is 1. The molecule has 3 aromatic rings. The number of carboxylic acids is 1. The van der Waals surface area contributed by atoms with Gasteiger partial charge in [0, 0.05) is 18.5 Å². The highest BCUT2D eigenvalue weighted by molar-refractivity contribution is 7.92. The summed E-state index contributed by atoms with van der Waals surface area (Å²) in [6, 6.07) is 11.8. The molecule has 3 rings (SSSR count). The van der Waals surface area contributed by atoms with Crippen LogP contribution < -0.4 is 4.72 Å². The topological polar surface area (TPSA) is 117 Å². The Kier molecular flexibility index (Phi) is 3.62. The van der Waals surface area contributed by atoms with Gasteiger partial charge in [-0.25, -0.2) is 17.9 Å². The summed E-state index contributed by atoms with van der Waals surface area (Å²) in [7, 11) is -3.92. The molecule has 0 aliphatic heterocycles. The molecule has 0 radical (unpaired) electrons. The number of aromatic carboxylic acids is 1. The van der Waals surface area contributed by atoms with Gasteiger partial charge in [0.05, 0.1) is 5.69 Å². The van der Waals surface area contributed by atoms with Crippen LogP contribution in [0.2, 0.25) is 0 Å². The maximum Gasteiger partial charge on any atom is 0.352 e. The summed E-state index contributed by atoms with van der Waals surface area (Å²) in [6.07, 6.45) is 2.73. The number of aromatic nitrogens is 3. The van der Waals surface area contributed by atoms with Crippen molar-refractivity contribution in [2.45, 2.75) is 4.90 Å². The van der Waals surface area contributed by atoms with Crippen LogP contribution in [0.1, 0.15) is 10.5 Å². The smallest absolute Gasteiger partial charge is 0.352 e. The van der Waals surface area contributed by atoms with E-state index in [0.717, 1.165) is 18.0 Å². The lowest BCUT2D eigenvalue weighted by atomic mass is 10.3. The normalized spacial score (nSPS) is 11.3. The molecule has 9 heteroatoms. The van der Waals surface area contributed by atoms with E-state index in [-0.39, 0.29) is 16.4 Å². The first-order valence-electron chi connectivity index (χ1n) is 6.51. The standard InChI is InChI=1S/C14H12N4O4S/c19-14(20)12-8-11(9-15-12)23(21,22)17-13-6-7-18(16-13)10-4-2-1-3-5-10/h1-9,15H,(H,16,17)(H,19,20). The molecule has 23 heavy (non-hydrogen) atoms. The zero-order valence-electron chi connectivity index (χ0n) is 11.7. The van der Waals surface area contributed by atoms with Crippen LogP contribution in [0, 0.1) is 0 Å². The van der Waals surface area contributed by atoms with Crippen LogP contribution in [0.15, 0.2) is 59.8 Å².